The molecule has 2 aromatic carbocycles. The SMILES string of the molecule is Cc1ccc2c(Br)cccc2c1I. The van der Waals surface area contributed by atoms with Crippen LogP contribution < -0.4 is 0 Å². The van der Waals surface area contributed by atoms with Crippen LogP contribution in [0.5, 0.6) is 0 Å². The number of hydrogen-bond donors (Lipinski definition) is 0. The van der Waals surface area contributed by atoms with Crippen LogP contribution in [-0.2, 0) is 0 Å². The van der Waals surface area contributed by atoms with E-state index in [-0.39, 0.29) is 0 Å². The lowest BCUT2D eigenvalue weighted by molar-refractivity contribution is 1.46. The zero-order valence-corrected chi connectivity index (χ0v) is 10.9. The van der Waals surface area contributed by atoms with Crippen LogP contribution in [0, 0.1) is 10.5 Å². The van der Waals surface area contributed by atoms with Crippen molar-refractivity contribution in [2.24, 2.45) is 0 Å². The third-order valence-electron chi connectivity index (χ3n) is 2.14. The average Bonchev–Trinajstić information content (AvgIpc) is 2.12. The summed E-state index contributed by atoms with van der Waals surface area (Å²) < 4.78 is 2.51. The second-order valence-corrected chi connectivity index (χ2v) is 4.96. The zero-order valence-electron chi connectivity index (χ0n) is 7.14. The summed E-state index contributed by atoms with van der Waals surface area (Å²) in [4.78, 5) is 0. The second kappa shape index (κ2) is 3.58. The van der Waals surface area contributed by atoms with Crippen molar-refractivity contribution in [3.05, 3.63) is 43.9 Å². The van der Waals surface area contributed by atoms with Gasteiger partial charge >= 0.3 is 0 Å². The number of benzene rings is 2. The molecule has 0 heterocycles. The first-order valence-corrected chi connectivity index (χ1v) is 5.90. The highest BCUT2D eigenvalue weighted by Gasteiger charge is 2.02. The second-order valence-electron chi connectivity index (χ2n) is 3.03. The Morgan fingerprint density at radius 1 is 1.08 bits per heavy atom. The van der Waals surface area contributed by atoms with E-state index in [0.29, 0.717) is 0 Å². The van der Waals surface area contributed by atoms with Crippen LogP contribution in [0.1, 0.15) is 5.56 Å². The predicted octanol–water partition coefficient (Wildman–Crippen LogP) is 4.52. The molecule has 0 aliphatic heterocycles. The summed E-state index contributed by atoms with van der Waals surface area (Å²) >= 11 is 5.95. The summed E-state index contributed by atoms with van der Waals surface area (Å²) in [7, 11) is 0. The standard InChI is InChI=1S/C11H8BrI/c1-7-5-6-8-9(11(7)13)3-2-4-10(8)12/h2-6H,1H3. The van der Waals surface area contributed by atoms with Gasteiger partial charge in [0.25, 0.3) is 0 Å². The minimum atomic E-state index is 1.17. The molecule has 0 unspecified atom stereocenters. The van der Waals surface area contributed by atoms with Crippen molar-refractivity contribution < 1.29 is 0 Å². The summed E-state index contributed by atoms with van der Waals surface area (Å²) in [5, 5.41) is 2.62. The molecule has 0 nitrogen and oxygen atoms in total. The molecule has 13 heavy (non-hydrogen) atoms. The molecule has 0 saturated carbocycles. The van der Waals surface area contributed by atoms with E-state index in [4.69, 9.17) is 0 Å². The summed E-state index contributed by atoms with van der Waals surface area (Å²) in [5.41, 5.74) is 1.34. The van der Waals surface area contributed by atoms with E-state index in [1.807, 2.05) is 0 Å². The van der Waals surface area contributed by atoms with Gasteiger partial charge in [-0.15, -0.1) is 0 Å². The fraction of sp³-hybridized carbons (Fsp3) is 0.0909. The van der Waals surface area contributed by atoms with Gasteiger partial charge in [-0.05, 0) is 51.9 Å². The first-order chi connectivity index (χ1) is 6.20. The fourth-order valence-corrected chi connectivity index (χ4v) is 2.54. The van der Waals surface area contributed by atoms with Crippen molar-refractivity contribution >= 4 is 49.3 Å². The van der Waals surface area contributed by atoms with Crippen LogP contribution >= 0.6 is 38.5 Å². The Morgan fingerprint density at radius 3 is 2.62 bits per heavy atom. The molecule has 2 rings (SSSR count). The zero-order chi connectivity index (χ0) is 9.42. The molecule has 0 bridgehead atoms. The summed E-state index contributed by atoms with van der Waals surface area (Å²) in [6.07, 6.45) is 0. The Bertz CT molecular complexity index is 463. The summed E-state index contributed by atoms with van der Waals surface area (Å²) in [5.74, 6) is 0. The molecule has 0 atom stereocenters. The van der Waals surface area contributed by atoms with Crippen molar-refractivity contribution in [2.75, 3.05) is 0 Å². The van der Waals surface area contributed by atoms with Crippen LogP contribution in [0.3, 0.4) is 0 Å². The number of halogens is 2. The van der Waals surface area contributed by atoms with Gasteiger partial charge < -0.3 is 0 Å². The van der Waals surface area contributed by atoms with E-state index >= 15 is 0 Å². The molecule has 0 spiro atoms. The first kappa shape index (κ1) is 9.46. The van der Waals surface area contributed by atoms with E-state index in [0.717, 1.165) is 0 Å². The normalized spacial score (nSPS) is 10.7. The van der Waals surface area contributed by atoms with Gasteiger partial charge in [-0.2, -0.15) is 0 Å². The quantitative estimate of drug-likeness (QED) is 0.615. The van der Waals surface area contributed by atoms with E-state index < -0.39 is 0 Å². The molecule has 66 valence electrons. The Morgan fingerprint density at radius 2 is 1.85 bits per heavy atom. The molecular formula is C11H8BrI. The highest BCUT2D eigenvalue weighted by Crippen LogP contribution is 2.28. The molecule has 0 aliphatic carbocycles. The molecule has 0 amide bonds. The first-order valence-electron chi connectivity index (χ1n) is 4.03. The maximum atomic E-state index is 3.55. The molecule has 0 aliphatic rings. The number of fused-ring (bicyclic) bond motifs is 1. The predicted molar refractivity (Wildman–Crippen MR) is 69.1 cm³/mol. The van der Waals surface area contributed by atoms with Gasteiger partial charge in [-0.1, -0.05) is 40.2 Å². The highest BCUT2D eigenvalue weighted by molar-refractivity contribution is 14.1. The molecule has 0 radical (unpaired) electrons. The number of rotatable bonds is 0. The minimum Gasteiger partial charge on any atom is -0.0605 e. The van der Waals surface area contributed by atoms with Gasteiger partial charge in [0.05, 0.1) is 0 Å². The maximum absolute atomic E-state index is 3.55. The van der Waals surface area contributed by atoms with Crippen molar-refractivity contribution in [1.29, 1.82) is 0 Å². The van der Waals surface area contributed by atoms with Crippen LogP contribution in [0.2, 0.25) is 0 Å². The fourth-order valence-electron chi connectivity index (χ4n) is 1.39. The molecule has 0 saturated heterocycles. The molecular weight excluding hydrogens is 339 g/mol. The lowest BCUT2D eigenvalue weighted by atomic mass is 10.1. The lowest BCUT2D eigenvalue weighted by Gasteiger charge is -2.05. The van der Waals surface area contributed by atoms with Gasteiger partial charge in [0.15, 0.2) is 0 Å². The highest BCUT2D eigenvalue weighted by atomic mass is 127. The van der Waals surface area contributed by atoms with Crippen LogP contribution in [-0.4, -0.2) is 0 Å². The Balaban J connectivity index is 2.94. The van der Waals surface area contributed by atoms with Gasteiger partial charge in [0, 0.05) is 8.04 Å². The van der Waals surface area contributed by atoms with E-state index in [1.165, 1.54) is 24.4 Å². The Kier molecular flexibility index (Phi) is 2.60. The van der Waals surface area contributed by atoms with Crippen molar-refractivity contribution in [1.82, 2.24) is 0 Å². The topological polar surface area (TPSA) is 0 Å². The molecule has 0 aromatic heterocycles. The summed E-state index contributed by atoms with van der Waals surface area (Å²) in [6, 6.07) is 10.6. The molecule has 2 heteroatoms. The van der Waals surface area contributed by atoms with Gasteiger partial charge in [-0.25, -0.2) is 0 Å². The third kappa shape index (κ3) is 1.62. The van der Waals surface area contributed by atoms with Gasteiger partial charge in [0.1, 0.15) is 0 Å². The van der Waals surface area contributed by atoms with Crippen LogP contribution in [0.4, 0.5) is 0 Å². The molecule has 2 aromatic rings. The lowest BCUT2D eigenvalue weighted by Crippen LogP contribution is -1.83. The largest absolute Gasteiger partial charge is 0.0605 e. The van der Waals surface area contributed by atoms with Crippen molar-refractivity contribution in [3.8, 4) is 0 Å². The molecule has 0 fully saturated rings. The average molecular weight is 347 g/mol. The number of aryl methyl sites for hydroxylation is 1. The number of hydrogen-bond acceptors (Lipinski definition) is 0. The minimum absolute atomic E-state index is 1.17. The Hall–Kier alpha value is -0.0900. The van der Waals surface area contributed by atoms with Gasteiger partial charge in [-0.3, -0.25) is 0 Å². The van der Waals surface area contributed by atoms with E-state index in [2.05, 4.69) is 75.8 Å². The maximum Gasteiger partial charge on any atom is 0.0254 e. The van der Waals surface area contributed by atoms with Crippen LogP contribution in [0.25, 0.3) is 10.8 Å². The van der Waals surface area contributed by atoms with Gasteiger partial charge in [0.2, 0.25) is 0 Å². The van der Waals surface area contributed by atoms with Crippen LogP contribution in [0.15, 0.2) is 34.8 Å². The van der Waals surface area contributed by atoms with E-state index in [1.54, 1.807) is 0 Å². The molecule has 0 N–H and O–H groups in total. The third-order valence-corrected chi connectivity index (χ3v) is 4.26. The van der Waals surface area contributed by atoms with E-state index in [9.17, 15) is 0 Å². The van der Waals surface area contributed by atoms with Crippen molar-refractivity contribution in [3.63, 3.8) is 0 Å². The summed E-state index contributed by atoms with van der Waals surface area (Å²) in [6.45, 7) is 2.14. The van der Waals surface area contributed by atoms with Crippen molar-refractivity contribution in [2.45, 2.75) is 6.92 Å². The monoisotopic (exact) mass is 346 g/mol. The smallest absolute Gasteiger partial charge is 0.0254 e. The Labute approximate surface area is 99.6 Å².